The summed E-state index contributed by atoms with van der Waals surface area (Å²) in [5, 5.41) is 7.97. The van der Waals surface area contributed by atoms with Gasteiger partial charge < -0.3 is 4.84 Å². The van der Waals surface area contributed by atoms with Crippen LogP contribution in [0.3, 0.4) is 0 Å². The first kappa shape index (κ1) is 10.8. The summed E-state index contributed by atoms with van der Waals surface area (Å²) < 4.78 is 1.64. The molecule has 2 heterocycles. The van der Waals surface area contributed by atoms with E-state index in [1.807, 2.05) is 17.2 Å². The second-order valence-corrected chi connectivity index (χ2v) is 9.30. The normalized spacial score (nSPS) is 14.6. The fourth-order valence-electron chi connectivity index (χ4n) is 1.10. The van der Waals surface area contributed by atoms with Gasteiger partial charge >= 0.3 is 0 Å². The van der Waals surface area contributed by atoms with Crippen LogP contribution in [0.5, 0.6) is 0 Å². The van der Waals surface area contributed by atoms with E-state index in [0.29, 0.717) is 6.73 Å². The molecule has 0 aromatic carbocycles. The molecule has 0 bridgehead atoms. The number of anilines is 1. The van der Waals surface area contributed by atoms with Crippen LogP contribution in [0, 0.1) is 11.6 Å². The van der Waals surface area contributed by atoms with E-state index in [4.69, 9.17) is 4.84 Å². The second kappa shape index (κ2) is 4.02. The van der Waals surface area contributed by atoms with Crippen LogP contribution in [-0.2, 0) is 4.84 Å². The fourth-order valence-corrected chi connectivity index (χ4v) is 1.55. The standard InChI is InChI=1S/C10H14N4OSi/c1-16(2,3)7-6-14-5-4-10(12-14)13-8-11-15-9-13/h4-5,8H,9H2,1-3H3. The Kier molecular flexibility index (Phi) is 2.70. The molecule has 0 saturated heterocycles. The summed E-state index contributed by atoms with van der Waals surface area (Å²) in [5.41, 5.74) is 3.25. The van der Waals surface area contributed by atoms with Gasteiger partial charge in [0.2, 0.25) is 0 Å². The van der Waals surface area contributed by atoms with E-state index >= 15 is 0 Å². The van der Waals surface area contributed by atoms with Gasteiger partial charge in [0.05, 0.1) is 0 Å². The molecular formula is C10H14N4OSi. The Morgan fingerprint density at radius 2 is 2.25 bits per heavy atom. The fraction of sp³-hybridized carbons (Fsp3) is 0.400. The highest BCUT2D eigenvalue weighted by molar-refractivity contribution is 6.83. The Morgan fingerprint density at radius 3 is 2.88 bits per heavy atom. The first-order valence-corrected chi connectivity index (χ1v) is 8.55. The lowest BCUT2D eigenvalue weighted by Gasteiger charge is -2.05. The molecule has 0 N–H and O–H groups in total. The Morgan fingerprint density at radius 1 is 1.44 bits per heavy atom. The molecule has 0 saturated carbocycles. The number of hydrogen-bond donors (Lipinski definition) is 0. The van der Waals surface area contributed by atoms with Crippen LogP contribution in [-0.4, -0.2) is 30.9 Å². The lowest BCUT2D eigenvalue weighted by Crippen LogP contribution is -2.18. The Bertz CT molecular complexity index is 463. The molecule has 1 aromatic heterocycles. The van der Waals surface area contributed by atoms with Gasteiger partial charge in [0.15, 0.2) is 12.5 Å². The summed E-state index contributed by atoms with van der Waals surface area (Å²) in [6, 6.07) is 4.92. The van der Waals surface area contributed by atoms with Crippen LogP contribution < -0.4 is 4.90 Å². The molecule has 2 rings (SSSR count). The molecule has 6 heteroatoms. The van der Waals surface area contributed by atoms with E-state index in [-0.39, 0.29) is 0 Å². The summed E-state index contributed by atoms with van der Waals surface area (Å²) in [4.78, 5) is 6.66. The van der Waals surface area contributed by atoms with E-state index in [1.54, 1.807) is 11.0 Å². The van der Waals surface area contributed by atoms with Crippen LogP contribution in [0.4, 0.5) is 5.82 Å². The third-order valence-electron chi connectivity index (χ3n) is 1.87. The van der Waals surface area contributed by atoms with E-state index in [2.05, 4.69) is 41.5 Å². The first-order chi connectivity index (χ1) is 7.54. The zero-order valence-corrected chi connectivity index (χ0v) is 10.6. The molecule has 84 valence electrons. The van der Waals surface area contributed by atoms with E-state index in [0.717, 1.165) is 5.82 Å². The summed E-state index contributed by atoms with van der Waals surface area (Å²) in [6.45, 7) is 7.01. The third kappa shape index (κ3) is 2.64. The minimum Gasteiger partial charge on any atom is -0.372 e. The third-order valence-corrected chi connectivity index (χ3v) is 2.73. The average Bonchev–Trinajstić information content (AvgIpc) is 2.84. The van der Waals surface area contributed by atoms with Gasteiger partial charge in [-0.1, -0.05) is 24.8 Å². The van der Waals surface area contributed by atoms with Gasteiger partial charge in [0.25, 0.3) is 0 Å². The largest absolute Gasteiger partial charge is 0.372 e. The molecule has 0 atom stereocenters. The van der Waals surface area contributed by atoms with E-state index < -0.39 is 8.07 Å². The van der Waals surface area contributed by atoms with Crippen molar-refractivity contribution in [1.82, 2.24) is 9.78 Å². The van der Waals surface area contributed by atoms with E-state index in [1.165, 1.54) is 0 Å². The maximum Gasteiger partial charge on any atom is 0.196 e. The van der Waals surface area contributed by atoms with Crippen molar-refractivity contribution in [3.05, 3.63) is 12.3 Å². The van der Waals surface area contributed by atoms with Crippen LogP contribution in [0.15, 0.2) is 17.4 Å². The average molecular weight is 234 g/mol. The smallest absolute Gasteiger partial charge is 0.196 e. The topological polar surface area (TPSA) is 42.7 Å². The zero-order chi connectivity index (χ0) is 11.6. The SMILES string of the molecule is C[Si](C)(C)C#Cn1ccc(N2C=NOC2)n1. The molecule has 0 amide bonds. The van der Waals surface area contributed by atoms with Crippen molar-refractivity contribution in [2.75, 3.05) is 11.6 Å². The van der Waals surface area contributed by atoms with Crippen LogP contribution in [0.1, 0.15) is 0 Å². The monoisotopic (exact) mass is 234 g/mol. The van der Waals surface area contributed by atoms with Crippen molar-refractivity contribution >= 4 is 20.2 Å². The quantitative estimate of drug-likeness (QED) is 0.543. The maximum absolute atomic E-state index is 4.85. The molecule has 0 unspecified atom stereocenters. The summed E-state index contributed by atoms with van der Waals surface area (Å²) in [7, 11) is -1.35. The summed E-state index contributed by atoms with van der Waals surface area (Å²) in [6.07, 6.45) is 3.45. The summed E-state index contributed by atoms with van der Waals surface area (Å²) >= 11 is 0. The number of nitrogens with zero attached hydrogens (tertiary/aromatic N) is 4. The Hall–Kier alpha value is -1.74. The predicted molar refractivity (Wildman–Crippen MR) is 65.7 cm³/mol. The number of oxime groups is 1. The van der Waals surface area contributed by atoms with Gasteiger partial charge in [-0.2, -0.15) is 4.68 Å². The lowest BCUT2D eigenvalue weighted by molar-refractivity contribution is 0.174. The Balaban J connectivity index is 2.12. The minimum atomic E-state index is -1.35. The van der Waals surface area contributed by atoms with Gasteiger partial charge in [-0.3, -0.25) is 4.90 Å². The van der Waals surface area contributed by atoms with Crippen LogP contribution in [0.25, 0.3) is 0 Å². The molecule has 0 spiro atoms. The predicted octanol–water partition coefficient (Wildman–Crippen LogP) is 1.31. The van der Waals surface area contributed by atoms with Gasteiger partial charge in [0, 0.05) is 18.3 Å². The molecule has 5 nitrogen and oxygen atoms in total. The van der Waals surface area contributed by atoms with Crippen molar-refractivity contribution < 1.29 is 4.84 Å². The minimum absolute atomic E-state index is 0.415. The van der Waals surface area contributed by atoms with Crippen molar-refractivity contribution in [3.8, 4) is 11.6 Å². The Labute approximate surface area is 95.7 Å². The van der Waals surface area contributed by atoms with Gasteiger partial charge in [0.1, 0.15) is 14.4 Å². The molecule has 16 heavy (non-hydrogen) atoms. The molecule has 1 aromatic rings. The van der Waals surface area contributed by atoms with Gasteiger partial charge in [-0.15, -0.1) is 10.6 Å². The number of aromatic nitrogens is 2. The van der Waals surface area contributed by atoms with Gasteiger partial charge in [-0.25, -0.2) is 0 Å². The summed E-state index contributed by atoms with van der Waals surface area (Å²) in [5.74, 6) is 0.797. The molecule has 0 fully saturated rings. The van der Waals surface area contributed by atoms with Crippen LogP contribution in [0.2, 0.25) is 19.6 Å². The molecular weight excluding hydrogens is 220 g/mol. The zero-order valence-electron chi connectivity index (χ0n) is 9.64. The van der Waals surface area contributed by atoms with Gasteiger partial charge in [-0.05, 0) is 0 Å². The number of rotatable bonds is 1. The molecule has 1 aliphatic heterocycles. The lowest BCUT2D eigenvalue weighted by atomic mass is 10.6. The molecule has 0 radical (unpaired) electrons. The molecule has 0 aliphatic carbocycles. The van der Waals surface area contributed by atoms with Crippen molar-refractivity contribution in [1.29, 1.82) is 0 Å². The van der Waals surface area contributed by atoms with Crippen molar-refractivity contribution in [3.63, 3.8) is 0 Å². The first-order valence-electron chi connectivity index (χ1n) is 5.05. The maximum atomic E-state index is 4.85. The second-order valence-electron chi connectivity index (χ2n) is 4.55. The highest BCUT2D eigenvalue weighted by Gasteiger charge is 2.12. The number of hydrogen-bond acceptors (Lipinski definition) is 4. The van der Waals surface area contributed by atoms with E-state index in [9.17, 15) is 0 Å². The highest BCUT2D eigenvalue weighted by Crippen LogP contribution is 2.10. The van der Waals surface area contributed by atoms with Crippen LogP contribution >= 0.6 is 0 Å². The van der Waals surface area contributed by atoms with Crippen molar-refractivity contribution in [2.45, 2.75) is 19.6 Å². The molecule has 1 aliphatic rings. The van der Waals surface area contributed by atoms with Crippen molar-refractivity contribution in [2.24, 2.45) is 5.16 Å². The highest BCUT2D eigenvalue weighted by atomic mass is 28.3.